The molecule has 1 atom stereocenters. The number of unbranched alkanes of at least 4 members (excludes halogenated alkanes) is 1. The first kappa shape index (κ1) is 11.6. The quantitative estimate of drug-likeness (QED) is 0.640. The molecule has 1 aromatic carbocycles. The zero-order chi connectivity index (χ0) is 10.4. The van der Waals surface area contributed by atoms with Gasteiger partial charge in [0.15, 0.2) is 0 Å². The average Bonchev–Trinajstić information content (AvgIpc) is 2.21. The van der Waals surface area contributed by atoms with E-state index in [4.69, 9.17) is 11.6 Å². The van der Waals surface area contributed by atoms with Gasteiger partial charge < -0.3 is 0 Å². The van der Waals surface area contributed by atoms with Crippen LogP contribution < -0.4 is 0 Å². The van der Waals surface area contributed by atoms with E-state index in [1.807, 2.05) is 12.1 Å². The Balaban J connectivity index is 2.73. The Kier molecular flexibility index (Phi) is 5.03. The average molecular weight is 211 g/mol. The molecule has 1 unspecified atom stereocenters. The molecule has 0 spiro atoms. The van der Waals surface area contributed by atoms with Crippen LogP contribution in [0.4, 0.5) is 0 Å². The molecule has 0 nitrogen and oxygen atoms in total. The van der Waals surface area contributed by atoms with Crippen molar-refractivity contribution >= 4 is 11.6 Å². The Labute approximate surface area is 92.3 Å². The molecule has 0 aliphatic heterocycles. The van der Waals surface area contributed by atoms with Gasteiger partial charge in [0, 0.05) is 5.02 Å². The maximum Gasteiger partial charge on any atom is 0.0440 e. The molecule has 0 saturated carbocycles. The molecule has 0 saturated heterocycles. The standard InChI is InChI=1S/C13H19Cl/c1-3-5-8-11(4-2)12-9-6-7-10-13(12)14/h6-7,9-11H,3-5,8H2,1-2H3. The van der Waals surface area contributed by atoms with Crippen LogP contribution in [0.15, 0.2) is 24.3 Å². The van der Waals surface area contributed by atoms with E-state index < -0.39 is 0 Å². The summed E-state index contributed by atoms with van der Waals surface area (Å²) in [5, 5.41) is 0.926. The van der Waals surface area contributed by atoms with Crippen molar-refractivity contribution < 1.29 is 0 Å². The lowest BCUT2D eigenvalue weighted by Gasteiger charge is -2.16. The minimum atomic E-state index is 0.642. The van der Waals surface area contributed by atoms with Crippen LogP contribution in [0.3, 0.4) is 0 Å². The second-order valence-corrected chi connectivity index (χ2v) is 4.18. The Morgan fingerprint density at radius 3 is 2.50 bits per heavy atom. The summed E-state index contributed by atoms with van der Waals surface area (Å²) in [7, 11) is 0. The highest BCUT2D eigenvalue weighted by atomic mass is 35.5. The number of halogens is 1. The van der Waals surface area contributed by atoms with E-state index >= 15 is 0 Å². The molecule has 1 aromatic rings. The van der Waals surface area contributed by atoms with Crippen LogP contribution in [-0.2, 0) is 0 Å². The lowest BCUT2D eigenvalue weighted by atomic mass is 9.91. The minimum Gasteiger partial charge on any atom is -0.0840 e. The van der Waals surface area contributed by atoms with Crippen LogP contribution in [-0.4, -0.2) is 0 Å². The summed E-state index contributed by atoms with van der Waals surface area (Å²) >= 11 is 6.18. The van der Waals surface area contributed by atoms with Gasteiger partial charge in [0.1, 0.15) is 0 Å². The maximum absolute atomic E-state index is 6.18. The van der Waals surface area contributed by atoms with Crippen LogP contribution in [0.2, 0.25) is 5.02 Å². The molecule has 0 heterocycles. The van der Waals surface area contributed by atoms with Gasteiger partial charge in [-0.2, -0.15) is 0 Å². The van der Waals surface area contributed by atoms with Gasteiger partial charge in [-0.25, -0.2) is 0 Å². The first-order chi connectivity index (χ1) is 6.79. The van der Waals surface area contributed by atoms with Crippen molar-refractivity contribution in [1.29, 1.82) is 0 Å². The van der Waals surface area contributed by atoms with Gasteiger partial charge in [-0.05, 0) is 30.4 Å². The highest BCUT2D eigenvalue weighted by Crippen LogP contribution is 2.30. The molecular weight excluding hydrogens is 192 g/mol. The largest absolute Gasteiger partial charge is 0.0840 e. The molecule has 0 aromatic heterocycles. The van der Waals surface area contributed by atoms with E-state index in [0.717, 1.165) is 5.02 Å². The molecular formula is C13H19Cl. The molecule has 0 amide bonds. The van der Waals surface area contributed by atoms with Crippen LogP contribution in [0.1, 0.15) is 51.0 Å². The van der Waals surface area contributed by atoms with Gasteiger partial charge in [0.25, 0.3) is 0 Å². The second kappa shape index (κ2) is 6.08. The fourth-order valence-electron chi connectivity index (χ4n) is 1.84. The third-order valence-corrected chi connectivity index (χ3v) is 3.09. The van der Waals surface area contributed by atoms with Crippen LogP contribution in [0, 0.1) is 0 Å². The normalized spacial score (nSPS) is 12.8. The van der Waals surface area contributed by atoms with Crippen molar-refractivity contribution in [3.63, 3.8) is 0 Å². The number of hydrogen-bond donors (Lipinski definition) is 0. The predicted molar refractivity (Wildman–Crippen MR) is 64.0 cm³/mol. The Morgan fingerprint density at radius 2 is 1.93 bits per heavy atom. The first-order valence-corrected chi connectivity index (χ1v) is 5.91. The van der Waals surface area contributed by atoms with Crippen molar-refractivity contribution in [3.8, 4) is 0 Å². The zero-order valence-corrected chi connectivity index (χ0v) is 9.85. The molecule has 0 fully saturated rings. The van der Waals surface area contributed by atoms with Gasteiger partial charge in [0.05, 0.1) is 0 Å². The summed E-state index contributed by atoms with van der Waals surface area (Å²) < 4.78 is 0. The molecule has 14 heavy (non-hydrogen) atoms. The lowest BCUT2D eigenvalue weighted by molar-refractivity contribution is 0.570. The molecule has 0 N–H and O–H groups in total. The number of rotatable bonds is 5. The molecule has 78 valence electrons. The molecule has 0 radical (unpaired) electrons. The topological polar surface area (TPSA) is 0 Å². The Morgan fingerprint density at radius 1 is 1.21 bits per heavy atom. The molecule has 1 rings (SSSR count). The smallest absolute Gasteiger partial charge is 0.0440 e. The number of hydrogen-bond acceptors (Lipinski definition) is 0. The lowest BCUT2D eigenvalue weighted by Crippen LogP contribution is -1.97. The SMILES string of the molecule is CCCCC(CC)c1ccccc1Cl. The summed E-state index contributed by atoms with van der Waals surface area (Å²) in [5.74, 6) is 0.642. The van der Waals surface area contributed by atoms with Gasteiger partial charge >= 0.3 is 0 Å². The van der Waals surface area contributed by atoms with Gasteiger partial charge in [-0.15, -0.1) is 0 Å². The van der Waals surface area contributed by atoms with E-state index in [1.165, 1.54) is 31.2 Å². The summed E-state index contributed by atoms with van der Waals surface area (Å²) in [5.41, 5.74) is 1.32. The predicted octanol–water partition coefficient (Wildman–Crippen LogP) is 5.02. The maximum atomic E-state index is 6.18. The summed E-state index contributed by atoms with van der Waals surface area (Å²) in [6.45, 7) is 4.48. The summed E-state index contributed by atoms with van der Waals surface area (Å²) in [6.07, 6.45) is 5.01. The molecule has 0 bridgehead atoms. The van der Waals surface area contributed by atoms with E-state index in [9.17, 15) is 0 Å². The molecule has 1 heteroatoms. The first-order valence-electron chi connectivity index (χ1n) is 5.54. The van der Waals surface area contributed by atoms with Crippen molar-refractivity contribution in [1.82, 2.24) is 0 Å². The second-order valence-electron chi connectivity index (χ2n) is 3.77. The van der Waals surface area contributed by atoms with Gasteiger partial charge in [-0.3, -0.25) is 0 Å². The van der Waals surface area contributed by atoms with Crippen LogP contribution in [0.5, 0.6) is 0 Å². The fourth-order valence-corrected chi connectivity index (χ4v) is 2.13. The third kappa shape index (κ3) is 3.02. The highest BCUT2D eigenvalue weighted by molar-refractivity contribution is 6.31. The number of benzene rings is 1. The minimum absolute atomic E-state index is 0.642. The van der Waals surface area contributed by atoms with E-state index in [0.29, 0.717) is 5.92 Å². The Bertz CT molecular complexity index is 268. The summed E-state index contributed by atoms with van der Waals surface area (Å²) in [4.78, 5) is 0. The van der Waals surface area contributed by atoms with Crippen molar-refractivity contribution in [2.75, 3.05) is 0 Å². The van der Waals surface area contributed by atoms with Gasteiger partial charge in [0.2, 0.25) is 0 Å². The van der Waals surface area contributed by atoms with Crippen molar-refractivity contribution in [3.05, 3.63) is 34.9 Å². The zero-order valence-electron chi connectivity index (χ0n) is 9.09. The third-order valence-electron chi connectivity index (χ3n) is 2.74. The van der Waals surface area contributed by atoms with Crippen LogP contribution >= 0.6 is 11.6 Å². The van der Waals surface area contributed by atoms with E-state index in [2.05, 4.69) is 26.0 Å². The molecule has 0 aliphatic carbocycles. The highest BCUT2D eigenvalue weighted by Gasteiger charge is 2.11. The van der Waals surface area contributed by atoms with Crippen LogP contribution in [0.25, 0.3) is 0 Å². The Hall–Kier alpha value is -0.490. The molecule has 0 aliphatic rings. The van der Waals surface area contributed by atoms with E-state index in [1.54, 1.807) is 0 Å². The van der Waals surface area contributed by atoms with E-state index in [-0.39, 0.29) is 0 Å². The van der Waals surface area contributed by atoms with Crippen molar-refractivity contribution in [2.45, 2.75) is 45.4 Å². The van der Waals surface area contributed by atoms with Gasteiger partial charge in [-0.1, -0.05) is 56.5 Å². The summed E-state index contributed by atoms with van der Waals surface area (Å²) in [6, 6.07) is 8.23. The fraction of sp³-hybridized carbons (Fsp3) is 0.538. The monoisotopic (exact) mass is 210 g/mol. The van der Waals surface area contributed by atoms with Crippen molar-refractivity contribution in [2.24, 2.45) is 0 Å².